The molecule has 78 valence electrons. The van der Waals surface area contributed by atoms with Gasteiger partial charge in [0.25, 0.3) is 0 Å². The zero-order chi connectivity index (χ0) is 10.4. The number of rotatable bonds is 5. The molecule has 1 aromatic rings. The average Bonchev–Trinajstić information content (AvgIpc) is 2.15. The Bertz CT molecular complexity index is 317. The molecule has 1 atom stereocenters. The Morgan fingerprint density at radius 1 is 1.43 bits per heavy atom. The van der Waals surface area contributed by atoms with Crippen molar-refractivity contribution in [3.8, 4) is 0 Å². The largest absolute Gasteiger partial charge is 0.369 e. The normalized spacial score (nSPS) is 12.4. The average molecular weight is 213 g/mol. The summed E-state index contributed by atoms with van der Waals surface area (Å²) >= 11 is 0. The van der Waals surface area contributed by atoms with Crippen LogP contribution >= 0.6 is 0 Å². The van der Waals surface area contributed by atoms with Crippen molar-refractivity contribution in [1.82, 2.24) is 9.97 Å². The van der Waals surface area contributed by atoms with Gasteiger partial charge in [0.05, 0.1) is 5.69 Å². The first kappa shape index (κ1) is 11.1. The molecule has 0 fully saturated rings. The van der Waals surface area contributed by atoms with Crippen LogP contribution in [-0.4, -0.2) is 32.7 Å². The number of nitrogens with one attached hydrogen (secondary N) is 1. The van der Waals surface area contributed by atoms with Crippen molar-refractivity contribution >= 4 is 16.6 Å². The molecule has 0 saturated heterocycles. The van der Waals surface area contributed by atoms with Crippen molar-refractivity contribution in [3.05, 3.63) is 18.1 Å². The minimum absolute atomic E-state index is 0.705. The van der Waals surface area contributed by atoms with Gasteiger partial charge in [-0.05, 0) is 13.3 Å². The Kier molecular flexibility index (Phi) is 4.52. The summed E-state index contributed by atoms with van der Waals surface area (Å²) in [5, 5.41) is 3.16. The van der Waals surface area contributed by atoms with Gasteiger partial charge in [-0.15, -0.1) is 0 Å². The number of aromatic nitrogens is 2. The molecule has 0 bridgehead atoms. The Morgan fingerprint density at radius 2 is 2.14 bits per heavy atom. The Hall–Kier alpha value is -0.970. The van der Waals surface area contributed by atoms with E-state index in [1.165, 1.54) is 0 Å². The number of hydrogen-bond acceptors (Lipinski definition) is 4. The molecule has 4 nitrogen and oxygen atoms in total. The summed E-state index contributed by atoms with van der Waals surface area (Å²) in [5.74, 6) is 1.54. The summed E-state index contributed by atoms with van der Waals surface area (Å²) in [6, 6.07) is 0. The lowest BCUT2D eigenvalue weighted by Crippen LogP contribution is -2.08. The molecule has 5 heteroatoms. The van der Waals surface area contributed by atoms with E-state index >= 15 is 0 Å². The highest BCUT2D eigenvalue weighted by atomic mass is 32.2. The highest BCUT2D eigenvalue weighted by molar-refractivity contribution is 7.84. The lowest BCUT2D eigenvalue weighted by molar-refractivity contribution is 0.685. The molecular formula is C9H15N3OS. The first-order chi connectivity index (χ1) is 6.70. The fourth-order valence-corrected chi connectivity index (χ4v) is 1.61. The number of nitrogens with zero attached hydrogens (tertiary/aromatic N) is 2. The third-order valence-corrected chi connectivity index (χ3v) is 2.65. The Balaban J connectivity index is 2.31. The van der Waals surface area contributed by atoms with E-state index in [0.717, 1.165) is 30.2 Å². The lowest BCUT2D eigenvalue weighted by Gasteiger charge is -2.05. The molecule has 1 aromatic heterocycles. The minimum Gasteiger partial charge on any atom is -0.369 e. The van der Waals surface area contributed by atoms with Crippen molar-refractivity contribution in [1.29, 1.82) is 0 Å². The molecule has 0 amide bonds. The summed E-state index contributed by atoms with van der Waals surface area (Å²) in [5.41, 5.74) is 0.894. The van der Waals surface area contributed by atoms with Gasteiger partial charge < -0.3 is 5.32 Å². The maximum atomic E-state index is 10.8. The molecular weight excluding hydrogens is 198 g/mol. The minimum atomic E-state index is -0.705. The molecule has 0 aliphatic rings. The molecule has 0 aliphatic carbocycles. The molecule has 0 aliphatic heterocycles. The van der Waals surface area contributed by atoms with Crippen LogP contribution in [0.4, 0.5) is 5.82 Å². The zero-order valence-electron chi connectivity index (χ0n) is 8.49. The molecule has 1 unspecified atom stereocenters. The van der Waals surface area contributed by atoms with Gasteiger partial charge in [0.1, 0.15) is 5.82 Å². The first-order valence-corrected chi connectivity index (χ1v) is 6.24. The van der Waals surface area contributed by atoms with Crippen LogP contribution in [0.25, 0.3) is 0 Å². The number of hydrogen-bond donors (Lipinski definition) is 1. The maximum absolute atomic E-state index is 10.8. The van der Waals surface area contributed by atoms with Gasteiger partial charge in [-0.2, -0.15) is 0 Å². The second-order valence-electron chi connectivity index (χ2n) is 3.05. The van der Waals surface area contributed by atoms with Crippen LogP contribution in [0.15, 0.2) is 12.4 Å². The molecule has 0 aromatic carbocycles. The van der Waals surface area contributed by atoms with E-state index in [1.54, 1.807) is 18.6 Å². The van der Waals surface area contributed by atoms with E-state index in [0.29, 0.717) is 0 Å². The van der Waals surface area contributed by atoms with E-state index in [1.807, 2.05) is 6.92 Å². The molecule has 0 spiro atoms. The summed E-state index contributed by atoms with van der Waals surface area (Å²) in [7, 11) is -0.705. The summed E-state index contributed by atoms with van der Waals surface area (Å²) in [6.45, 7) is 2.70. The predicted octanol–water partition coefficient (Wildman–Crippen LogP) is 0.966. The van der Waals surface area contributed by atoms with E-state index in [2.05, 4.69) is 15.3 Å². The molecule has 1 N–H and O–H groups in total. The molecule has 0 radical (unpaired) electrons. The van der Waals surface area contributed by atoms with Gasteiger partial charge >= 0.3 is 0 Å². The number of anilines is 1. The number of aryl methyl sites for hydroxylation is 1. The standard InChI is InChI=1S/C9H15N3OS/c1-8-9(12-6-5-10-8)11-4-3-7-14(2)13/h5-6H,3-4,7H2,1-2H3,(H,11,12). The van der Waals surface area contributed by atoms with Crippen LogP contribution in [0.2, 0.25) is 0 Å². The van der Waals surface area contributed by atoms with Crippen LogP contribution < -0.4 is 5.32 Å². The second kappa shape index (κ2) is 5.70. The monoisotopic (exact) mass is 213 g/mol. The topological polar surface area (TPSA) is 54.9 Å². The second-order valence-corrected chi connectivity index (χ2v) is 4.60. The van der Waals surface area contributed by atoms with Crippen molar-refractivity contribution < 1.29 is 4.21 Å². The molecule has 0 saturated carbocycles. The third-order valence-electron chi connectivity index (χ3n) is 1.78. The summed E-state index contributed by atoms with van der Waals surface area (Å²) in [4.78, 5) is 8.25. The smallest absolute Gasteiger partial charge is 0.147 e. The third kappa shape index (κ3) is 3.83. The first-order valence-electron chi connectivity index (χ1n) is 4.51. The van der Waals surface area contributed by atoms with Crippen molar-refractivity contribution in [2.75, 3.05) is 23.9 Å². The fraction of sp³-hybridized carbons (Fsp3) is 0.556. The van der Waals surface area contributed by atoms with E-state index in [-0.39, 0.29) is 0 Å². The van der Waals surface area contributed by atoms with Gasteiger partial charge in [-0.1, -0.05) is 0 Å². The van der Waals surface area contributed by atoms with Gasteiger partial charge in [-0.3, -0.25) is 9.19 Å². The van der Waals surface area contributed by atoms with Crippen LogP contribution in [0, 0.1) is 6.92 Å². The molecule has 1 heterocycles. The maximum Gasteiger partial charge on any atom is 0.147 e. The van der Waals surface area contributed by atoms with Crippen LogP contribution in [0.3, 0.4) is 0 Å². The van der Waals surface area contributed by atoms with E-state index < -0.39 is 10.8 Å². The quantitative estimate of drug-likeness (QED) is 0.740. The fourth-order valence-electron chi connectivity index (χ4n) is 1.06. The van der Waals surface area contributed by atoms with Crippen molar-refractivity contribution in [2.45, 2.75) is 13.3 Å². The molecule has 14 heavy (non-hydrogen) atoms. The van der Waals surface area contributed by atoms with Crippen LogP contribution in [0.1, 0.15) is 12.1 Å². The zero-order valence-corrected chi connectivity index (χ0v) is 9.30. The molecule has 1 rings (SSSR count). The predicted molar refractivity (Wildman–Crippen MR) is 58.8 cm³/mol. The van der Waals surface area contributed by atoms with Crippen LogP contribution in [-0.2, 0) is 10.8 Å². The highest BCUT2D eigenvalue weighted by Crippen LogP contribution is 2.05. The van der Waals surface area contributed by atoms with Crippen LogP contribution in [0.5, 0.6) is 0 Å². The lowest BCUT2D eigenvalue weighted by atomic mass is 10.4. The van der Waals surface area contributed by atoms with Gasteiger partial charge in [0, 0.05) is 41.7 Å². The van der Waals surface area contributed by atoms with E-state index in [9.17, 15) is 4.21 Å². The van der Waals surface area contributed by atoms with Crippen molar-refractivity contribution in [3.63, 3.8) is 0 Å². The Morgan fingerprint density at radius 3 is 2.79 bits per heavy atom. The van der Waals surface area contributed by atoms with Gasteiger partial charge in [-0.25, -0.2) is 4.98 Å². The van der Waals surface area contributed by atoms with E-state index in [4.69, 9.17) is 0 Å². The van der Waals surface area contributed by atoms with Gasteiger partial charge in [0.15, 0.2) is 0 Å². The van der Waals surface area contributed by atoms with Crippen molar-refractivity contribution in [2.24, 2.45) is 0 Å². The Labute approximate surface area is 86.6 Å². The SMILES string of the molecule is Cc1nccnc1NCCCS(C)=O. The summed E-state index contributed by atoms with van der Waals surface area (Å²) < 4.78 is 10.8. The summed E-state index contributed by atoms with van der Waals surface area (Å²) in [6.07, 6.45) is 5.93. The highest BCUT2D eigenvalue weighted by Gasteiger charge is 1.98. The van der Waals surface area contributed by atoms with Gasteiger partial charge in [0.2, 0.25) is 0 Å².